The summed E-state index contributed by atoms with van der Waals surface area (Å²) in [5.74, 6) is 0. The smallest absolute Gasteiger partial charge is 0.0697 e. The van der Waals surface area contributed by atoms with Gasteiger partial charge in [0.15, 0.2) is 0 Å². The van der Waals surface area contributed by atoms with Gasteiger partial charge in [0.05, 0.1) is 13.2 Å². The molecule has 0 aromatic rings. The van der Waals surface area contributed by atoms with E-state index in [2.05, 4.69) is 12.2 Å². The molecule has 0 aliphatic rings. The molecule has 2 N–H and O–H groups in total. The van der Waals surface area contributed by atoms with Gasteiger partial charge in [-0.2, -0.15) is 0 Å². The van der Waals surface area contributed by atoms with Crippen molar-refractivity contribution in [2.45, 2.75) is 51.9 Å². The van der Waals surface area contributed by atoms with E-state index in [-0.39, 0.29) is 6.61 Å². The van der Waals surface area contributed by atoms with Crippen LogP contribution in [0.2, 0.25) is 0 Å². The topological polar surface area (TPSA) is 41.5 Å². The third kappa shape index (κ3) is 13.9. The summed E-state index contributed by atoms with van der Waals surface area (Å²) in [7, 11) is 0. The maximum Gasteiger partial charge on any atom is 0.0697 e. The van der Waals surface area contributed by atoms with Crippen LogP contribution in [0.3, 0.4) is 0 Å². The van der Waals surface area contributed by atoms with E-state index in [1.165, 1.54) is 38.5 Å². The van der Waals surface area contributed by atoms with Gasteiger partial charge in [-0.25, -0.2) is 0 Å². The maximum absolute atomic E-state index is 8.49. The minimum Gasteiger partial charge on any atom is -0.394 e. The van der Waals surface area contributed by atoms with E-state index in [9.17, 15) is 0 Å². The number of hydrogen-bond donors (Lipinski definition) is 2. The van der Waals surface area contributed by atoms with Gasteiger partial charge in [0.1, 0.15) is 0 Å². The molecule has 0 fully saturated rings. The molecule has 0 radical (unpaired) electrons. The second-order valence-corrected chi connectivity index (χ2v) is 4.21. The number of rotatable bonds is 13. The molecule has 0 bridgehead atoms. The Labute approximate surface area is 101 Å². The summed E-state index contributed by atoms with van der Waals surface area (Å²) >= 11 is 0. The minimum atomic E-state index is 0.135. The molecule has 3 heteroatoms. The van der Waals surface area contributed by atoms with Gasteiger partial charge in [0, 0.05) is 6.61 Å². The van der Waals surface area contributed by atoms with Crippen LogP contribution in [0, 0.1) is 0 Å². The first-order chi connectivity index (χ1) is 7.91. The van der Waals surface area contributed by atoms with Crippen LogP contribution in [0.1, 0.15) is 51.9 Å². The molecule has 16 heavy (non-hydrogen) atoms. The third-order valence-electron chi connectivity index (χ3n) is 2.58. The Balaban J connectivity index is 2.83. The zero-order chi connectivity index (χ0) is 11.9. The van der Waals surface area contributed by atoms with Crippen LogP contribution in [0.15, 0.2) is 0 Å². The van der Waals surface area contributed by atoms with Crippen LogP contribution in [0.4, 0.5) is 0 Å². The molecule has 0 rings (SSSR count). The molecular weight excluding hydrogens is 202 g/mol. The van der Waals surface area contributed by atoms with Gasteiger partial charge >= 0.3 is 0 Å². The molecule has 0 aliphatic carbocycles. The molecule has 0 heterocycles. The quantitative estimate of drug-likeness (QED) is 0.478. The van der Waals surface area contributed by atoms with Crippen LogP contribution >= 0.6 is 0 Å². The highest BCUT2D eigenvalue weighted by atomic mass is 16.5. The second kappa shape index (κ2) is 14.9. The second-order valence-electron chi connectivity index (χ2n) is 4.21. The average Bonchev–Trinajstić information content (AvgIpc) is 2.31. The SMILES string of the molecule is CCCCCCCNCCCCOCCO. The van der Waals surface area contributed by atoms with E-state index in [0.717, 1.165) is 26.1 Å². The molecular formula is C13H29NO2. The largest absolute Gasteiger partial charge is 0.394 e. The number of aliphatic hydroxyl groups is 1. The van der Waals surface area contributed by atoms with Crippen LogP contribution in [0.5, 0.6) is 0 Å². The summed E-state index contributed by atoms with van der Waals surface area (Å²) in [5, 5.41) is 11.9. The Morgan fingerprint density at radius 3 is 2.25 bits per heavy atom. The Morgan fingerprint density at radius 2 is 1.56 bits per heavy atom. The van der Waals surface area contributed by atoms with Crippen molar-refractivity contribution in [3.05, 3.63) is 0 Å². The Hall–Kier alpha value is -0.120. The van der Waals surface area contributed by atoms with Crippen molar-refractivity contribution in [2.24, 2.45) is 0 Å². The molecule has 3 nitrogen and oxygen atoms in total. The van der Waals surface area contributed by atoms with Crippen molar-refractivity contribution >= 4 is 0 Å². The van der Waals surface area contributed by atoms with Gasteiger partial charge in [-0.15, -0.1) is 0 Å². The minimum absolute atomic E-state index is 0.135. The summed E-state index contributed by atoms with van der Waals surface area (Å²) in [5.41, 5.74) is 0. The molecule has 0 spiro atoms. The third-order valence-corrected chi connectivity index (χ3v) is 2.58. The molecule has 0 atom stereocenters. The maximum atomic E-state index is 8.49. The Morgan fingerprint density at radius 1 is 0.875 bits per heavy atom. The van der Waals surface area contributed by atoms with Gasteiger partial charge in [-0.3, -0.25) is 0 Å². The summed E-state index contributed by atoms with van der Waals surface area (Å²) in [6.45, 7) is 5.88. The summed E-state index contributed by atoms with van der Waals surface area (Å²) in [6, 6.07) is 0. The van der Waals surface area contributed by atoms with E-state index < -0.39 is 0 Å². The van der Waals surface area contributed by atoms with E-state index >= 15 is 0 Å². The summed E-state index contributed by atoms with van der Waals surface area (Å²) < 4.78 is 5.18. The van der Waals surface area contributed by atoms with E-state index in [1.54, 1.807) is 0 Å². The van der Waals surface area contributed by atoms with Crippen LogP contribution in [-0.2, 0) is 4.74 Å². The first kappa shape index (κ1) is 15.9. The van der Waals surface area contributed by atoms with Crippen molar-refractivity contribution in [1.82, 2.24) is 5.32 Å². The first-order valence-corrected chi connectivity index (χ1v) is 6.81. The standard InChI is InChI=1S/C13H29NO2/c1-2-3-4-5-6-9-14-10-7-8-12-16-13-11-15/h14-15H,2-13H2,1H3. The molecule has 98 valence electrons. The van der Waals surface area contributed by atoms with Crippen LogP contribution < -0.4 is 5.32 Å². The van der Waals surface area contributed by atoms with Gasteiger partial charge in [-0.05, 0) is 32.4 Å². The van der Waals surface area contributed by atoms with Crippen molar-refractivity contribution in [2.75, 3.05) is 32.9 Å². The summed E-state index contributed by atoms with van der Waals surface area (Å²) in [6.07, 6.45) is 9.00. The molecule has 0 saturated carbocycles. The zero-order valence-electron chi connectivity index (χ0n) is 10.8. The lowest BCUT2D eigenvalue weighted by molar-refractivity contribution is 0.0899. The monoisotopic (exact) mass is 231 g/mol. The predicted octanol–water partition coefficient (Wildman–Crippen LogP) is 2.34. The molecule has 0 aliphatic heterocycles. The molecule has 0 aromatic heterocycles. The van der Waals surface area contributed by atoms with Crippen molar-refractivity contribution in [3.63, 3.8) is 0 Å². The molecule has 0 amide bonds. The number of nitrogens with one attached hydrogen (secondary N) is 1. The highest BCUT2D eigenvalue weighted by Crippen LogP contribution is 2.01. The van der Waals surface area contributed by atoms with Gasteiger partial charge in [0.2, 0.25) is 0 Å². The van der Waals surface area contributed by atoms with Crippen molar-refractivity contribution in [3.8, 4) is 0 Å². The Bertz CT molecular complexity index is 107. The fourth-order valence-electron chi connectivity index (χ4n) is 1.60. The lowest BCUT2D eigenvalue weighted by atomic mass is 10.1. The van der Waals surface area contributed by atoms with Gasteiger partial charge in [0.25, 0.3) is 0 Å². The average molecular weight is 231 g/mol. The van der Waals surface area contributed by atoms with Crippen LogP contribution in [0.25, 0.3) is 0 Å². The molecule has 0 aromatic carbocycles. The highest BCUT2D eigenvalue weighted by Gasteiger charge is 1.91. The summed E-state index contributed by atoms with van der Waals surface area (Å²) in [4.78, 5) is 0. The Kier molecular flexibility index (Phi) is 14.8. The normalized spacial score (nSPS) is 10.9. The number of ether oxygens (including phenoxy) is 1. The van der Waals surface area contributed by atoms with Gasteiger partial charge < -0.3 is 15.2 Å². The lowest BCUT2D eigenvalue weighted by Crippen LogP contribution is -2.17. The first-order valence-electron chi connectivity index (χ1n) is 6.81. The van der Waals surface area contributed by atoms with Gasteiger partial charge in [-0.1, -0.05) is 32.6 Å². The van der Waals surface area contributed by atoms with Crippen molar-refractivity contribution in [1.29, 1.82) is 0 Å². The number of hydrogen-bond acceptors (Lipinski definition) is 3. The van der Waals surface area contributed by atoms with E-state index in [1.807, 2.05) is 0 Å². The zero-order valence-corrected chi connectivity index (χ0v) is 10.8. The highest BCUT2D eigenvalue weighted by molar-refractivity contribution is 4.50. The molecule has 0 unspecified atom stereocenters. The van der Waals surface area contributed by atoms with E-state index in [0.29, 0.717) is 6.61 Å². The van der Waals surface area contributed by atoms with Crippen LogP contribution in [-0.4, -0.2) is 38.0 Å². The fourth-order valence-corrected chi connectivity index (χ4v) is 1.60. The van der Waals surface area contributed by atoms with E-state index in [4.69, 9.17) is 9.84 Å². The molecule has 0 saturated heterocycles. The fraction of sp³-hybridized carbons (Fsp3) is 1.00. The number of aliphatic hydroxyl groups excluding tert-OH is 1. The van der Waals surface area contributed by atoms with Crippen molar-refractivity contribution < 1.29 is 9.84 Å². The predicted molar refractivity (Wildman–Crippen MR) is 68.8 cm³/mol. The number of unbranched alkanes of at least 4 members (excludes halogenated alkanes) is 5. The lowest BCUT2D eigenvalue weighted by Gasteiger charge is -2.05.